The molecule has 0 atom stereocenters. The number of ether oxygens (including phenoxy) is 1. The van der Waals surface area contributed by atoms with Crippen molar-refractivity contribution in [2.45, 2.75) is 33.1 Å². The van der Waals surface area contributed by atoms with Gasteiger partial charge in [-0.25, -0.2) is 0 Å². The van der Waals surface area contributed by atoms with Gasteiger partial charge in [0.2, 0.25) is 0 Å². The summed E-state index contributed by atoms with van der Waals surface area (Å²) in [6.07, 6.45) is 5.56. The predicted octanol–water partition coefficient (Wildman–Crippen LogP) is 2.36. The van der Waals surface area contributed by atoms with E-state index in [0.29, 0.717) is 9.76 Å². The summed E-state index contributed by atoms with van der Waals surface area (Å²) in [5.74, 6) is 0. The molecule has 0 aromatic heterocycles. The number of hydrogen-bond acceptors (Lipinski definition) is 2. The van der Waals surface area contributed by atoms with Gasteiger partial charge in [0.25, 0.3) is 9.76 Å². The summed E-state index contributed by atoms with van der Waals surface area (Å²) >= 11 is 0. The van der Waals surface area contributed by atoms with Crippen LogP contribution in [0.5, 0.6) is 0 Å². The third-order valence-corrected chi connectivity index (χ3v) is 2.22. The van der Waals surface area contributed by atoms with Crippen molar-refractivity contribution in [3.8, 4) is 0 Å². The average Bonchev–Trinajstić information content (AvgIpc) is 2.16. The van der Waals surface area contributed by atoms with Crippen LogP contribution in [0.25, 0.3) is 0 Å². The summed E-state index contributed by atoms with van der Waals surface area (Å²) in [5.41, 5.74) is 2.08. The maximum atomic E-state index is 5.34. The molecule has 0 N–H and O–H groups in total. The van der Waals surface area contributed by atoms with Crippen LogP contribution in [0.3, 0.4) is 0 Å². The Bertz CT molecular complexity index is 115. The Balaban J connectivity index is 2.87. The van der Waals surface area contributed by atoms with Crippen molar-refractivity contribution in [3.63, 3.8) is 0 Å². The summed E-state index contributed by atoms with van der Waals surface area (Å²) in [6.45, 7) is 6.60. The second kappa shape index (κ2) is 11.9. The minimum Gasteiger partial charge on any atom is -0.410 e. The van der Waals surface area contributed by atoms with Crippen LogP contribution in [0, 0.1) is 0 Å². The highest BCUT2D eigenvalue weighted by atomic mass is 28.2. The van der Waals surface area contributed by atoms with E-state index in [1.807, 2.05) is 0 Å². The molecule has 0 rings (SSSR count). The van der Waals surface area contributed by atoms with Gasteiger partial charge >= 0.3 is 0 Å². The third-order valence-electron chi connectivity index (χ3n) is 1.48. The van der Waals surface area contributed by atoms with E-state index in [0.717, 1.165) is 32.7 Å². The standard InChI is InChI=1S/C10H20O2Si/c1-3-5-7-11-8-9-12-13-10-6-4-2/h6,10H,3-5,7-9H2,1-2H3/b10-6+. The normalized spacial score (nSPS) is 11.2. The highest BCUT2D eigenvalue weighted by Crippen LogP contribution is 1.87. The van der Waals surface area contributed by atoms with Crippen LogP contribution in [0.15, 0.2) is 11.8 Å². The average molecular weight is 200 g/mol. The molecule has 0 aliphatic heterocycles. The molecule has 76 valence electrons. The third kappa shape index (κ3) is 11.9. The number of hydrogen-bond donors (Lipinski definition) is 0. The first-order valence-corrected chi connectivity index (χ1v) is 6.00. The molecule has 0 aliphatic rings. The molecule has 0 amide bonds. The number of rotatable bonds is 9. The molecule has 2 radical (unpaired) electrons. The fourth-order valence-electron chi connectivity index (χ4n) is 0.722. The first kappa shape index (κ1) is 12.9. The van der Waals surface area contributed by atoms with Crippen LogP contribution < -0.4 is 0 Å². The van der Waals surface area contributed by atoms with Crippen LogP contribution in [0.4, 0.5) is 0 Å². The van der Waals surface area contributed by atoms with E-state index in [4.69, 9.17) is 9.16 Å². The maximum Gasteiger partial charge on any atom is 0.260 e. The highest BCUT2D eigenvalue weighted by molar-refractivity contribution is 6.34. The fraction of sp³-hybridized carbons (Fsp3) is 0.800. The lowest BCUT2D eigenvalue weighted by Gasteiger charge is -2.02. The summed E-state index contributed by atoms with van der Waals surface area (Å²) in [5, 5.41) is 0. The van der Waals surface area contributed by atoms with Gasteiger partial charge in [0.15, 0.2) is 0 Å². The van der Waals surface area contributed by atoms with Gasteiger partial charge in [0.1, 0.15) is 0 Å². The summed E-state index contributed by atoms with van der Waals surface area (Å²) in [4.78, 5) is 0. The monoisotopic (exact) mass is 200 g/mol. The van der Waals surface area contributed by atoms with Gasteiger partial charge in [-0.15, -0.1) is 0 Å². The SMILES string of the molecule is CC/C=C/[Si]OCCOCCCC. The Hall–Kier alpha value is -0.123. The molecular weight excluding hydrogens is 180 g/mol. The molecule has 0 saturated heterocycles. The van der Waals surface area contributed by atoms with E-state index in [2.05, 4.69) is 25.6 Å². The van der Waals surface area contributed by atoms with Crippen molar-refractivity contribution in [1.29, 1.82) is 0 Å². The minimum atomic E-state index is 0.491. The second-order valence-electron chi connectivity index (χ2n) is 2.74. The molecular formula is C10H20O2Si. The van der Waals surface area contributed by atoms with Crippen LogP contribution in [0.1, 0.15) is 33.1 Å². The molecule has 3 heteroatoms. The van der Waals surface area contributed by atoms with Gasteiger partial charge < -0.3 is 9.16 Å². The number of allylic oxidation sites excluding steroid dienone is 1. The Kier molecular flexibility index (Phi) is 11.8. The van der Waals surface area contributed by atoms with Crippen molar-refractivity contribution in [2.75, 3.05) is 19.8 Å². The van der Waals surface area contributed by atoms with Crippen molar-refractivity contribution in [2.24, 2.45) is 0 Å². The van der Waals surface area contributed by atoms with E-state index >= 15 is 0 Å². The Morgan fingerprint density at radius 3 is 2.69 bits per heavy atom. The lowest BCUT2D eigenvalue weighted by Crippen LogP contribution is -2.06. The van der Waals surface area contributed by atoms with Crippen molar-refractivity contribution in [1.82, 2.24) is 0 Å². The zero-order valence-corrected chi connectivity index (χ0v) is 9.71. The molecule has 13 heavy (non-hydrogen) atoms. The van der Waals surface area contributed by atoms with Crippen LogP contribution in [-0.2, 0) is 9.16 Å². The minimum absolute atomic E-state index is 0.491. The number of unbranched alkanes of at least 4 members (excludes halogenated alkanes) is 1. The molecule has 0 spiro atoms. The molecule has 0 fully saturated rings. The van der Waals surface area contributed by atoms with Gasteiger partial charge in [0, 0.05) is 6.61 Å². The van der Waals surface area contributed by atoms with E-state index < -0.39 is 0 Å². The van der Waals surface area contributed by atoms with Crippen LogP contribution >= 0.6 is 0 Å². The molecule has 0 aliphatic carbocycles. The molecule has 0 heterocycles. The molecule has 0 aromatic rings. The Morgan fingerprint density at radius 2 is 2.00 bits per heavy atom. The largest absolute Gasteiger partial charge is 0.410 e. The second-order valence-corrected chi connectivity index (χ2v) is 3.60. The smallest absolute Gasteiger partial charge is 0.260 e. The zero-order valence-electron chi connectivity index (χ0n) is 8.71. The summed E-state index contributed by atoms with van der Waals surface area (Å²) < 4.78 is 10.7. The fourth-order valence-corrected chi connectivity index (χ4v) is 1.35. The lowest BCUT2D eigenvalue weighted by molar-refractivity contribution is 0.100. The first-order chi connectivity index (χ1) is 6.41. The molecule has 0 unspecified atom stereocenters. The Labute approximate surface area is 84.3 Å². The van der Waals surface area contributed by atoms with E-state index in [9.17, 15) is 0 Å². The van der Waals surface area contributed by atoms with E-state index in [1.165, 1.54) is 6.42 Å². The molecule has 0 aromatic carbocycles. The van der Waals surface area contributed by atoms with Crippen molar-refractivity contribution < 1.29 is 9.16 Å². The van der Waals surface area contributed by atoms with Gasteiger partial charge in [-0.1, -0.05) is 32.0 Å². The quantitative estimate of drug-likeness (QED) is 0.420. The zero-order chi connectivity index (χ0) is 9.78. The molecule has 2 nitrogen and oxygen atoms in total. The molecule has 0 bridgehead atoms. The summed E-state index contributed by atoms with van der Waals surface area (Å²) in [6, 6.07) is 0. The predicted molar refractivity (Wildman–Crippen MR) is 56.9 cm³/mol. The van der Waals surface area contributed by atoms with Gasteiger partial charge in [-0.2, -0.15) is 0 Å². The van der Waals surface area contributed by atoms with E-state index in [1.54, 1.807) is 0 Å². The van der Waals surface area contributed by atoms with Gasteiger partial charge in [0.05, 0.1) is 13.2 Å². The Morgan fingerprint density at radius 1 is 1.15 bits per heavy atom. The van der Waals surface area contributed by atoms with Crippen molar-refractivity contribution in [3.05, 3.63) is 11.8 Å². The topological polar surface area (TPSA) is 18.5 Å². The first-order valence-electron chi connectivity index (χ1n) is 5.01. The highest BCUT2D eigenvalue weighted by Gasteiger charge is 1.88. The maximum absolute atomic E-state index is 5.34. The van der Waals surface area contributed by atoms with Gasteiger partial charge in [-0.3, -0.25) is 0 Å². The van der Waals surface area contributed by atoms with E-state index in [-0.39, 0.29) is 0 Å². The van der Waals surface area contributed by atoms with Crippen molar-refractivity contribution >= 4 is 9.76 Å². The van der Waals surface area contributed by atoms with Crippen LogP contribution in [-0.4, -0.2) is 29.6 Å². The van der Waals surface area contributed by atoms with Crippen LogP contribution in [0.2, 0.25) is 0 Å². The lowest BCUT2D eigenvalue weighted by atomic mass is 10.4. The summed E-state index contributed by atoms with van der Waals surface area (Å²) in [7, 11) is 0.491. The molecule has 0 saturated carbocycles. The van der Waals surface area contributed by atoms with Gasteiger partial charge in [-0.05, 0) is 12.8 Å².